The van der Waals surface area contributed by atoms with Gasteiger partial charge in [-0.05, 0) is 0 Å². The van der Waals surface area contributed by atoms with Crippen molar-refractivity contribution in [2.45, 2.75) is 0 Å². The zero-order valence-corrected chi connectivity index (χ0v) is 6.86. The molecule has 31 valence electrons. The smallest absolute Gasteiger partial charge is 0 e. The minimum atomic E-state index is -0.181. The van der Waals surface area contributed by atoms with E-state index in [2.05, 4.69) is 0 Å². The molecule has 4 heavy (non-hydrogen) atoms. The van der Waals surface area contributed by atoms with Crippen LogP contribution < -0.4 is 0 Å². The molecule has 0 aromatic carbocycles. The van der Waals surface area contributed by atoms with Crippen LogP contribution in [0.5, 0.6) is 0 Å². The van der Waals surface area contributed by atoms with Gasteiger partial charge in [0, 0.05) is 22.4 Å². The predicted molar refractivity (Wildman–Crippen MR) is 17.5 cm³/mol. The average molecular weight is 347 g/mol. The number of rotatable bonds is 0. The average Bonchev–Trinajstić information content (AvgIpc) is 0.918. The number of hydrogen-bond donors (Lipinski definition) is 0. The van der Waals surface area contributed by atoms with Gasteiger partial charge in [-0.2, -0.15) is 0 Å². The Morgan fingerprint density at radius 2 is 1.25 bits per heavy atom. The Balaban J connectivity index is 0. The molecule has 0 atom stereocenters. The van der Waals surface area contributed by atoms with E-state index < -0.39 is 0 Å². The monoisotopic (exact) mass is 347 g/mol. The Morgan fingerprint density at radius 3 is 1.25 bits per heavy atom. The molecule has 0 aromatic heterocycles. The minimum Gasteiger partial charge on any atom is 0 e. The molecule has 0 heterocycles. The van der Waals surface area contributed by atoms with E-state index in [1.54, 1.807) is 0 Å². The molecule has 0 saturated heterocycles. The van der Waals surface area contributed by atoms with Crippen molar-refractivity contribution in [2.75, 3.05) is 0 Å². The maximum Gasteiger partial charge on any atom is 0 e. The molecule has 0 unspecified atom stereocenters. The van der Waals surface area contributed by atoms with Gasteiger partial charge in [0.2, 0.25) is 0 Å². The SMILES string of the molecule is Cl[Se]Cl.[Au]. The third-order valence-corrected chi connectivity index (χ3v) is 0. The molecular weight excluding hydrogens is 347 g/mol. The molecule has 0 aromatic rings. The molecule has 0 aliphatic heterocycles. The van der Waals surface area contributed by atoms with Crippen LogP contribution in [-0.2, 0) is 22.4 Å². The van der Waals surface area contributed by atoms with Gasteiger partial charge in [0.25, 0.3) is 0 Å². The van der Waals surface area contributed by atoms with Crippen LogP contribution in [0.15, 0.2) is 0 Å². The largest absolute Gasteiger partial charge is 0 e. The molecule has 1 radical (unpaired) electrons. The first kappa shape index (κ1) is 9.28. The van der Waals surface area contributed by atoms with Crippen LogP contribution in [0.25, 0.3) is 0 Å². The molecule has 0 bridgehead atoms. The van der Waals surface area contributed by atoms with E-state index in [-0.39, 0.29) is 35.5 Å². The van der Waals surface area contributed by atoms with Gasteiger partial charge < -0.3 is 0 Å². The van der Waals surface area contributed by atoms with Gasteiger partial charge >= 0.3 is 33.3 Å². The first-order chi connectivity index (χ1) is 1.41. The minimum absolute atomic E-state index is 0. The first-order valence-corrected chi connectivity index (χ1v) is 4.81. The molecule has 0 amide bonds. The molecule has 0 spiro atoms. The third-order valence-electron chi connectivity index (χ3n) is 0. The molecule has 0 saturated carbocycles. The van der Waals surface area contributed by atoms with Gasteiger partial charge in [0.1, 0.15) is 0 Å². The van der Waals surface area contributed by atoms with Crippen LogP contribution in [0.1, 0.15) is 0 Å². The van der Waals surface area contributed by atoms with Crippen LogP contribution in [0.4, 0.5) is 0 Å². The zero-order chi connectivity index (χ0) is 2.71. The Hall–Kier alpha value is 1.84. The van der Waals surface area contributed by atoms with E-state index in [9.17, 15) is 0 Å². The van der Waals surface area contributed by atoms with Gasteiger partial charge in [-0.25, -0.2) is 0 Å². The van der Waals surface area contributed by atoms with Crippen molar-refractivity contribution in [1.29, 1.82) is 0 Å². The summed E-state index contributed by atoms with van der Waals surface area (Å²) in [7, 11) is 9.65. The van der Waals surface area contributed by atoms with Crippen molar-refractivity contribution in [1.82, 2.24) is 0 Å². The standard InChI is InChI=1S/Au.Cl2Se/c;1-3-2. The molecular formula is AuCl2Se. The maximum atomic E-state index is 4.83. The van der Waals surface area contributed by atoms with Crippen LogP contribution in [-0.4, -0.2) is 13.1 Å². The number of halogens is 2. The predicted octanol–water partition coefficient (Wildman–Crippen LogP) is 0.996. The van der Waals surface area contributed by atoms with E-state index >= 15 is 0 Å². The summed E-state index contributed by atoms with van der Waals surface area (Å²) >= 11 is -0.181. The Morgan fingerprint density at radius 1 is 1.25 bits per heavy atom. The summed E-state index contributed by atoms with van der Waals surface area (Å²) < 4.78 is 0. The Kier molecular flexibility index (Phi) is 20.5. The van der Waals surface area contributed by atoms with Crippen molar-refractivity contribution in [3.8, 4) is 0 Å². The molecule has 4 heteroatoms. The quantitative estimate of drug-likeness (QED) is 0.574. The fourth-order valence-electron chi connectivity index (χ4n) is 0. The third kappa shape index (κ3) is 9.15. The van der Waals surface area contributed by atoms with Crippen molar-refractivity contribution >= 4 is 33.3 Å². The van der Waals surface area contributed by atoms with Crippen molar-refractivity contribution in [3.63, 3.8) is 0 Å². The number of hydrogen-bond acceptors (Lipinski definition) is 0. The summed E-state index contributed by atoms with van der Waals surface area (Å²) in [6, 6.07) is 0. The van der Waals surface area contributed by atoms with Gasteiger partial charge in [0.15, 0.2) is 0 Å². The fraction of sp³-hybridized carbons (Fsp3) is 0. The van der Waals surface area contributed by atoms with E-state index in [0.29, 0.717) is 0 Å². The fourth-order valence-corrected chi connectivity index (χ4v) is 0. The van der Waals surface area contributed by atoms with Gasteiger partial charge in [-0.15, -0.1) is 0 Å². The molecule has 0 nitrogen and oxygen atoms in total. The topological polar surface area (TPSA) is 0 Å². The maximum absolute atomic E-state index is 4.83. The van der Waals surface area contributed by atoms with Gasteiger partial charge in [-0.1, -0.05) is 0 Å². The second-order valence-corrected chi connectivity index (χ2v) is 2.73. The molecule has 0 N–H and O–H groups in total. The molecule has 0 aliphatic carbocycles. The second-order valence-electron chi connectivity index (χ2n) is 0.0583. The summed E-state index contributed by atoms with van der Waals surface area (Å²) in [6.07, 6.45) is 0. The molecule has 0 fully saturated rings. The van der Waals surface area contributed by atoms with E-state index in [1.165, 1.54) is 0 Å². The summed E-state index contributed by atoms with van der Waals surface area (Å²) in [4.78, 5) is 0. The molecule has 0 rings (SSSR count). The summed E-state index contributed by atoms with van der Waals surface area (Å²) in [6.45, 7) is 0. The van der Waals surface area contributed by atoms with Crippen LogP contribution >= 0.6 is 20.2 Å². The Bertz CT molecular complexity index is 6.00. The Labute approximate surface area is 55.4 Å². The summed E-state index contributed by atoms with van der Waals surface area (Å²) in [5.41, 5.74) is 0. The van der Waals surface area contributed by atoms with Gasteiger partial charge in [-0.3, -0.25) is 0 Å². The van der Waals surface area contributed by atoms with E-state index in [0.717, 1.165) is 0 Å². The van der Waals surface area contributed by atoms with Crippen LogP contribution in [0, 0.1) is 0 Å². The van der Waals surface area contributed by atoms with Crippen molar-refractivity contribution < 1.29 is 22.4 Å². The normalized spacial score (nSPS) is 4.50. The summed E-state index contributed by atoms with van der Waals surface area (Å²) in [5, 5.41) is 0. The van der Waals surface area contributed by atoms with Gasteiger partial charge in [0.05, 0.1) is 0 Å². The van der Waals surface area contributed by atoms with Crippen molar-refractivity contribution in [2.24, 2.45) is 0 Å². The van der Waals surface area contributed by atoms with E-state index in [1.807, 2.05) is 0 Å². The van der Waals surface area contributed by atoms with E-state index in [4.69, 9.17) is 20.2 Å². The summed E-state index contributed by atoms with van der Waals surface area (Å²) in [5.74, 6) is 0. The van der Waals surface area contributed by atoms with Crippen LogP contribution in [0.3, 0.4) is 0 Å². The van der Waals surface area contributed by atoms with Crippen LogP contribution in [0.2, 0.25) is 0 Å². The first-order valence-electron chi connectivity index (χ1n) is 0.309. The second kappa shape index (κ2) is 8.85. The molecule has 0 aliphatic rings. The zero-order valence-electron chi connectivity index (χ0n) is 1.47. The van der Waals surface area contributed by atoms with Crippen molar-refractivity contribution in [3.05, 3.63) is 0 Å².